The fourth-order valence-corrected chi connectivity index (χ4v) is 1.08. The van der Waals surface area contributed by atoms with Crippen molar-refractivity contribution < 1.29 is 9.53 Å². The van der Waals surface area contributed by atoms with Gasteiger partial charge < -0.3 is 10.1 Å². The zero-order chi connectivity index (χ0) is 12.2. The van der Waals surface area contributed by atoms with Gasteiger partial charge in [0, 0.05) is 6.54 Å². The van der Waals surface area contributed by atoms with E-state index in [9.17, 15) is 4.79 Å². The summed E-state index contributed by atoms with van der Waals surface area (Å²) in [5.41, 5.74) is -0.464. The number of aromatic nitrogens is 3. The number of nitrogens with zero attached hydrogens (tertiary/aromatic N) is 3. The number of carbonyl (C=O) groups excluding carboxylic acids is 1. The van der Waals surface area contributed by atoms with Crippen LogP contribution in [0.4, 0.5) is 4.79 Å². The molecule has 6 nitrogen and oxygen atoms in total. The number of nitrogens with one attached hydrogen (secondary N) is 1. The van der Waals surface area contributed by atoms with Crippen molar-refractivity contribution >= 4 is 6.09 Å². The summed E-state index contributed by atoms with van der Waals surface area (Å²) in [4.78, 5) is 15.3. The molecule has 0 fully saturated rings. The molecule has 0 saturated carbocycles. The molecular weight excluding hydrogens is 208 g/mol. The van der Waals surface area contributed by atoms with Gasteiger partial charge in [0.15, 0.2) is 0 Å². The minimum absolute atomic E-state index is 0.413. The molecule has 0 aliphatic heterocycles. The van der Waals surface area contributed by atoms with Crippen molar-refractivity contribution in [3.63, 3.8) is 0 Å². The zero-order valence-electron chi connectivity index (χ0n) is 10.1. The van der Waals surface area contributed by atoms with Crippen LogP contribution in [0.2, 0.25) is 0 Å². The third-order valence-corrected chi connectivity index (χ3v) is 1.66. The predicted octanol–water partition coefficient (Wildman–Crippen LogP) is 1.11. The zero-order valence-corrected chi connectivity index (χ0v) is 10.1. The summed E-state index contributed by atoms with van der Waals surface area (Å²) in [5, 5.41) is 6.74. The van der Waals surface area contributed by atoms with E-state index in [4.69, 9.17) is 4.74 Å². The molecule has 0 aliphatic rings. The van der Waals surface area contributed by atoms with E-state index in [1.807, 2.05) is 27.7 Å². The highest BCUT2D eigenvalue weighted by atomic mass is 16.6. The van der Waals surface area contributed by atoms with Crippen molar-refractivity contribution in [1.82, 2.24) is 20.1 Å². The van der Waals surface area contributed by atoms with Crippen molar-refractivity contribution in [1.29, 1.82) is 0 Å². The Morgan fingerprint density at radius 3 is 2.75 bits per heavy atom. The van der Waals surface area contributed by atoms with E-state index < -0.39 is 11.7 Å². The first-order chi connectivity index (χ1) is 7.37. The second kappa shape index (κ2) is 4.96. The molecule has 1 rings (SSSR count). The van der Waals surface area contributed by atoms with Crippen molar-refractivity contribution in [3.05, 3.63) is 12.2 Å². The number of ether oxygens (including phenoxy) is 1. The van der Waals surface area contributed by atoms with Crippen molar-refractivity contribution in [2.24, 2.45) is 0 Å². The number of rotatable bonds is 3. The molecular formula is C10H18N4O2. The number of hydrogen-bond acceptors (Lipinski definition) is 4. The van der Waals surface area contributed by atoms with Gasteiger partial charge in [0.25, 0.3) is 0 Å². The highest BCUT2D eigenvalue weighted by molar-refractivity contribution is 5.67. The Kier molecular flexibility index (Phi) is 3.87. The molecule has 1 heterocycles. The fourth-order valence-electron chi connectivity index (χ4n) is 1.08. The molecule has 1 amide bonds. The van der Waals surface area contributed by atoms with Crippen LogP contribution in [0.1, 0.15) is 26.6 Å². The number of hydrogen-bond donors (Lipinski definition) is 1. The molecule has 16 heavy (non-hydrogen) atoms. The molecule has 1 aromatic heterocycles. The second-order valence-electron chi connectivity index (χ2n) is 4.48. The lowest BCUT2D eigenvalue weighted by molar-refractivity contribution is 0.0525. The average molecular weight is 226 g/mol. The van der Waals surface area contributed by atoms with Crippen LogP contribution < -0.4 is 5.32 Å². The molecule has 6 heteroatoms. The van der Waals surface area contributed by atoms with Crippen LogP contribution in [0.25, 0.3) is 0 Å². The van der Waals surface area contributed by atoms with Gasteiger partial charge in [-0.2, -0.15) is 5.10 Å². The Labute approximate surface area is 95.0 Å². The minimum atomic E-state index is -0.464. The van der Waals surface area contributed by atoms with Crippen LogP contribution in [0.5, 0.6) is 0 Å². The van der Waals surface area contributed by atoms with Gasteiger partial charge in [-0.3, -0.25) is 4.68 Å². The molecule has 0 aliphatic carbocycles. The first-order valence-electron chi connectivity index (χ1n) is 5.20. The van der Waals surface area contributed by atoms with E-state index in [2.05, 4.69) is 15.4 Å². The Balaban J connectivity index is 2.23. The van der Waals surface area contributed by atoms with Crippen molar-refractivity contribution in [2.75, 3.05) is 6.54 Å². The summed E-state index contributed by atoms with van der Waals surface area (Å²) >= 11 is 0. The fraction of sp³-hybridized carbons (Fsp3) is 0.700. The van der Waals surface area contributed by atoms with E-state index in [-0.39, 0.29) is 0 Å². The molecule has 90 valence electrons. The highest BCUT2D eigenvalue weighted by Crippen LogP contribution is 2.06. The van der Waals surface area contributed by atoms with Crippen LogP contribution in [0, 0.1) is 6.92 Å². The summed E-state index contributed by atoms with van der Waals surface area (Å²) < 4.78 is 6.76. The quantitative estimate of drug-likeness (QED) is 0.838. The molecule has 0 spiro atoms. The van der Waals surface area contributed by atoms with E-state index in [0.717, 1.165) is 5.82 Å². The number of carbonyl (C=O) groups is 1. The number of amides is 1. The van der Waals surface area contributed by atoms with Crippen LogP contribution in [-0.2, 0) is 11.3 Å². The average Bonchev–Trinajstić information content (AvgIpc) is 2.48. The van der Waals surface area contributed by atoms with Crippen LogP contribution >= 0.6 is 0 Å². The number of alkyl carbamates (subject to hydrolysis) is 1. The van der Waals surface area contributed by atoms with Crippen LogP contribution in [0.3, 0.4) is 0 Å². The molecule has 0 radical (unpaired) electrons. The lowest BCUT2D eigenvalue weighted by Gasteiger charge is -2.19. The largest absolute Gasteiger partial charge is 0.444 e. The summed E-state index contributed by atoms with van der Waals surface area (Å²) in [6.07, 6.45) is 1.22. The van der Waals surface area contributed by atoms with Gasteiger partial charge in [-0.1, -0.05) is 0 Å². The van der Waals surface area contributed by atoms with Gasteiger partial charge in [-0.25, -0.2) is 9.78 Å². The smallest absolute Gasteiger partial charge is 0.407 e. The van der Waals surface area contributed by atoms with Gasteiger partial charge in [-0.15, -0.1) is 0 Å². The third kappa shape index (κ3) is 4.77. The van der Waals surface area contributed by atoms with Crippen LogP contribution in [-0.4, -0.2) is 33.0 Å². The van der Waals surface area contributed by atoms with Gasteiger partial charge in [0.05, 0.1) is 6.54 Å². The number of aryl methyl sites for hydroxylation is 1. The standard InChI is InChI=1S/C10H18N4O2/c1-8-12-7-14(13-8)6-5-11-9(15)16-10(2,3)4/h7H,5-6H2,1-4H3,(H,11,15). The Hall–Kier alpha value is -1.59. The Morgan fingerprint density at radius 1 is 1.56 bits per heavy atom. The van der Waals surface area contributed by atoms with E-state index >= 15 is 0 Å². The lowest BCUT2D eigenvalue weighted by atomic mass is 10.2. The van der Waals surface area contributed by atoms with E-state index in [0.29, 0.717) is 13.1 Å². The maximum Gasteiger partial charge on any atom is 0.407 e. The van der Waals surface area contributed by atoms with E-state index in [1.165, 1.54) is 0 Å². The maximum absolute atomic E-state index is 11.3. The monoisotopic (exact) mass is 226 g/mol. The summed E-state index contributed by atoms with van der Waals surface area (Å²) in [6, 6.07) is 0. The highest BCUT2D eigenvalue weighted by Gasteiger charge is 2.15. The molecule has 0 saturated heterocycles. The van der Waals surface area contributed by atoms with Crippen molar-refractivity contribution in [2.45, 2.75) is 39.8 Å². The van der Waals surface area contributed by atoms with Gasteiger partial charge >= 0.3 is 6.09 Å². The summed E-state index contributed by atoms with van der Waals surface area (Å²) in [7, 11) is 0. The Bertz CT molecular complexity index is 354. The first-order valence-corrected chi connectivity index (χ1v) is 5.20. The molecule has 1 N–H and O–H groups in total. The molecule has 0 unspecified atom stereocenters. The third-order valence-electron chi connectivity index (χ3n) is 1.66. The van der Waals surface area contributed by atoms with Crippen LogP contribution in [0.15, 0.2) is 6.33 Å². The first kappa shape index (κ1) is 12.5. The van der Waals surface area contributed by atoms with E-state index in [1.54, 1.807) is 11.0 Å². The van der Waals surface area contributed by atoms with Gasteiger partial charge in [-0.05, 0) is 27.7 Å². The normalized spacial score (nSPS) is 11.2. The summed E-state index contributed by atoms with van der Waals surface area (Å²) in [5.74, 6) is 0.720. The molecule has 0 bridgehead atoms. The summed E-state index contributed by atoms with van der Waals surface area (Å²) in [6.45, 7) is 8.35. The van der Waals surface area contributed by atoms with Gasteiger partial charge in [0.1, 0.15) is 17.8 Å². The van der Waals surface area contributed by atoms with Crippen molar-refractivity contribution in [3.8, 4) is 0 Å². The molecule has 0 aromatic carbocycles. The minimum Gasteiger partial charge on any atom is -0.444 e. The lowest BCUT2D eigenvalue weighted by Crippen LogP contribution is -2.34. The predicted molar refractivity (Wildman–Crippen MR) is 59.0 cm³/mol. The van der Waals surface area contributed by atoms with Gasteiger partial charge in [0.2, 0.25) is 0 Å². The molecule has 0 atom stereocenters. The SMILES string of the molecule is Cc1ncn(CCNC(=O)OC(C)(C)C)n1. The topological polar surface area (TPSA) is 69.0 Å². The molecule has 1 aromatic rings. The maximum atomic E-state index is 11.3. The Morgan fingerprint density at radius 2 is 2.25 bits per heavy atom. The second-order valence-corrected chi connectivity index (χ2v) is 4.48.